The van der Waals surface area contributed by atoms with E-state index in [1.165, 1.54) is 7.11 Å². The Hall–Kier alpha value is -4.12. The van der Waals surface area contributed by atoms with Crippen molar-refractivity contribution in [2.75, 3.05) is 7.11 Å². The normalized spacial score (nSPS) is 16.7. The zero-order valence-corrected chi connectivity index (χ0v) is 19.3. The molecule has 0 fully saturated rings. The van der Waals surface area contributed by atoms with Gasteiger partial charge in [0.1, 0.15) is 12.4 Å². The van der Waals surface area contributed by atoms with Crippen LogP contribution in [0.5, 0.6) is 5.75 Å². The van der Waals surface area contributed by atoms with Crippen LogP contribution in [-0.2, 0) is 16.1 Å². The first-order valence-corrected chi connectivity index (χ1v) is 11.2. The van der Waals surface area contributed by atoms with Crippen LogP contribution in [0, 0.1) is 6.92 Å². The van der Waals surface area contributed by atoms with E-state index >= 15 is 0 Å². The quantitative estimate of drug-likeness (QED) is 0.532. The summed E-state index contributed by atoms with van der Waals surface area (Å²) >= 11 is 0. The molecular weight excluding hydrogens is 426 g/mol. The topological polar surface area (TPSA) is 64.6 Å². The highest BCUT2D eigenvalue weighted by molar-refractivity contribution is 6.23. The third-order valence-corrected chi connectivity index (χ3v) is 6.36. The second-order valence-corrected chi connectivity index (χ2v) is 8.57. The number of fused-ring (bicyclic) bond motifs is 2. The number of Topliss-reactive ketones (excluding diaryl/α,β-unsaturated/α-hetero) is 1. The number of hydrogen-bond acceptors (Lipinski definition) is 5. The van der Waals surface area contributed by atoms with Crippen molar-refractivity contribution in [2.24, 2.45) is 0 Å². The summed E-state index contributed by atoms with van der Waals surface area (Å²) in [4.78, 5) is 26.6. The smallest absolute Gasteiger partial charge is 0.336 e. The molecule has 3 aromatic carbocycles. The SMILES string of the molecule is COC(=O)C1=C(C)NC2=C(C(=O)c3ccccc32)[C@H]1c1ccccc1OCc1cccc(C)c1. The fourth-order valence-corrected chi connectivity index (χ4v) is 4.83. The molecule has 3 aromatic rings. The summed E-state index contributed by atoms with van der Waals surface area (Å²) in [6, 6.07) is 23.2. The molecule has 1 atom stereocenters. The van der Waals surface area contributed by atoms with E-state index in [4.69, 9.17) is 9.47 Å². The first-order valence-electron chi connectivity index (χ1n) is 11.2. The largest absolute Gasteiger partial charge is 0.489 e. The maximum absolute atomic E-state index is 13.6. The van der Waals surface area contributed by atoms with E-state index in [0.717, 1.165) is 28.0 Å². The molecule has 1 heterocycles. The number of ether oxygens (including phenoxy) is 2. The molecule has 5 nitrogen and oxygen atoms in total. The number of ketones is 1. The molecule has 0 spiro atoms. The molecule has 5 heteroatoms. The molecule has 170 valence electrons. The molecule has 0 unspecified atom stereocenters. The van der Waals surface area contributed by atoms with Gasteiger partial charge in [0.2, 0.25) is 0 Å². The number of carbonyl (C=O) groups is 2. The predicted molar refractivity (Wildman–Crippen MR) is 130 cm³/mol. The molecule has 0 saturated heterocycles. The summed E-state index contributed by atoms with van der Waals surface area (Å²) in [5, 5.41) is 3.31. The van der Waals surface area contributed by atoms with Crippen LogP contribution in [0.15, 0.2) is 89.6 Å². The highest BCUT2D eigenvalue weighted by atomic mass is 16.5. The van der Waals surface area contributed by atoms with E-state index in [2.05, 4.69) is 11.4 Å². The van der Waals surface area contributed by atoms with E-state index in [1.807, 2.05) is 80.6 Å². The standard InChI is InChI=1S/C29H25NO4/c1-17-9-8-10-19(15-17)16-34-23-14-7-6-13-22(23)25-24(29(32)33-3)18(2)30-27-20-11-4-5-12-21(20)28(31)26(25)27/h4-15,25,30H,16H2,1-3H3/t25-/m0/s1. The second-order valence-electron chi connectivity index (χ2n) is 8.57. The monoisotopic (exact) mass is 451 g/mol. The Morgan fingerprint density at radius 1 is 0.941 bits per heavy atom. The minimum absolute atomic E-state index is 0.0921. The summed E-state index contributed by atoms with van der Waals surface area (Å²) in [6.45, 7) is 4.25. The van der Waals surface area contributed by atoms with Crippen LogP contribution in [0.25, 0.3) is 5.70 Å². The molecule has 1 N–H and O–H groups in total. The van der Waals surface area contributed by atoms with Crippen molar-refractivity contribution >= 4 is 17.4 Å². The molecule has 0 bridgehead atoms. The van der Waals surface area contributed by atoms with Gasteiger partial charge in [-0.05, 0) is 25.5 Å². The average molecular weight is 452 g/mol. The summed E-state index contributed by atoms with van der Waals surface area (Å²) in [6.07, 6.45) is 0. The Morgan fingerprint density at radius 2 is 1.68 bits per heavy atom. The fourth-order valence-electron chi connectivity index (χ4n) is 4.83. The highest BCUT2D eigenvalue weighted by Gasteiger charge is 2.43. The zero-order valence-electron chi connectivity index (χ0n) is 19.3. The Labute approximate surface area is 198 Å². The summed E-state index contributed by atoms with van der Waals surface area (Å²) in [5.74, 6) is -0.553. The Balaban J connectivity index is 1.62. The molecule has 1 aliphatic carbocycles. The summed E-state index contributed by atoms with van der Waals surface area (Å²) in [7, 11) is 1.36. The number of benzene rings is 3. The van der Waals surface area contributed by atoms with Crippen LogP contribution < -0.4 is 10.1 Å². The van der Waals surface area contributed by atoms with E-state index in [0.29, 0.717) is 34.8 Å². The van der Waals surface area contributed by atoms with Gasteiger partial charge in [-0.3, -0.25) is 4.79 Å². The molecule has 2 aliphatic rings. The molecule has 0 aromatic heterocycles. The van der Waals surface area contributed by atoms with E-state index in [1.54, 1.807) is 0 Å². The van der Waals surface area contributed by atoms with Crippen molar-refractivity contribution in [2.45, 2.75) is 26.4 Å². The van der Waals surface area contributed by atoms with Gasteiger partial charge in [-0.15, -0.1) is 0 Å². The fraction of sp³-hybridized carbons (Fsp3) is 0.172. The average Bonchev–Trinajstić information content (AvgIpc) is 3.13. The van der Waals surface area contributed by atoms with Crippen LogP contribution in [0.4, 0.5) is 0 Å². The van der Waals surface area contributed by atoms with Gasteiger partial charge in [-0.25, -0.2) is 4.79 Å². The minimum atomic E-state index is -0.614. The van der Waals surface area contributed by atoms with Crippen molar-refractivity contribution in [1.29, 1.82) is 0 Å². The molecule has 0 radical (unpaired) electrons. The second kappa shape index (κ2) is 8.67. The lowest BCUT2D eigenvalue weighted by Crippen LogP contribution is -2.29. The van der Waals surface area contributed by atoms with Crippen molar-refractivity contribution in [1.82, 2.24) is 5.32 Å². The number of nitrogens with one attached hydrogen (secondary N) is 1. The number of dihydropyridines is 1. The number of carbonyl (C=O) groups excluding carboxylic acids is 2. The molecule has 1 aliphatic heterocycles. The van der Waals surface area contributed by atoms with Gasteiger partial charge in [0.15, 0.2) is 5.78 Å². The third-order valence-electron chi connectivity index (χ3n) is 6.36. The van der Waals surface area contributed by atoms with Crippen molar-refractivity contribution in [3.8, 4) is 5.75 Å². The number of hydrogen-bond donors (Lipinski definition) is 1. The number of allylic oxidation sites excluding steroid dienone is 2. The van der Waals surface area contributed by atoms with Gasteiger partial charge in [0, 0.05) is 28.0 Å². The number of rotatable bonds is 5. The van der Waals surface area contributed by atoms with Crippen LogP contribution in [0.3, 0.4) is 0 Å². The maximum Gasteiger partial charge on any atom is 0.336 e. The number of methoxy groups -OCH3 is 1. The van der Waals surface area contributed by atoms with E-state index in [-0.39, 0.29) is 5.78 Å². The van der Waals surface area contributed by atoms with Gasteiger partial charge in [-0.1, -0.05) is 72.3 Å². The number of esters is 1. The van der Waals surface area contributed by atoms with Crippen LogP contribution >= 0.6 is 0 Å². The van der Waals surface area contributed by atoms with Gasteiger partial charge in [-0.2, -0.15) is 0 Å². The van der Waals surface area contributed by atoms with Crippen LogP contribution in [-0.4, -0.2) is 18.9 Å². The lowest BCUT2D eigenvalue weighted by Gasteiger charge is -2.30. The molecule has 0 amide bonds. The zero-order chi connectivity index (χ0) is 23.8. The lowest BCUT2D eigenvalue weighted by molar-refractivity contribution is -0.136. The first-order chi connectivity index (χ1) is 16.5. The number of para-hydroxylation sites is 1. The molecule has 34 heavy (non-hydrogen) atoms. The van der Waals surface area contributed by atoms with Gasteiger partial charge in [0.25, 0.3) is 0 Å². The molecule has 5 rings (SSSR count). The van der Waals surface area contributed by atoms with Crippen molar-refractivity contribution in [3.05, 3.63) is 117 Å². The summed E-state index contributed by atoms with van der Waals surface area (Å²) in [5.41, 5.74) is 6.78. The molecule has 0 saturated carbocycles. The van der Waals surface area contributed by atoms with Crippen molar-refractivity contribution < 1.29 is 19.1 Å². The van der Waals surface area contributed by atoms with Crippen LogP contribution in [0.2, 0.25) is 0 Å². The Bertz CT molecular complexity index is 1380. The van der Waals surface area contributed by atoms with Gasteiger partial charge < -0.3 is 14.8 Å². The summed E-state index contributed by atoms with van der Waals surface area (Å²) < 4.78 is 11.4. The van der Waals surface area contributed by atoms with Gasteiger partial charge >= 0.3 is 5.97 Å². The minimum Gasteiger partial charge on any atom is -0.489 e. The first kappa shape index (κ1) is 21.7. The van der Waals surface area contributed by atoms with E-state index in [9.17, 15) is 9.59 Å². The third kappa shape index (κ3) is 3.59. The lowest BCUT2D eigenvalue weighted by atomic mass is 9.79. The Morgan fingerprint density at radius 3 is 2.44 bits per heavy atom. The van der Waals surface area contributed by atoms with E-state index < -0.39 is 11.9 Å². The number of aryl methyl sites for hydroxylation is 1. The van der Waals surface area contributed by atoms with Gasteiger partial charge in [0.05, 0.1) is 24.3 Å². The predicted octanol–water partition coefficient (Wildman–Crippen LogP) is 5.32. The van der Waals surface area contributed by atoms with Crippen LogP contribution in [0.1, 0.15) is 45.5 Å². The maximum atomic E-state index is 13.6. The Kier molecular flexibility index (Phi) is 5.54. The highest BCUT2D eigenvalue weighted by Crippen LogP contribution is 2.48. The van der Waals surface area contributed by atoms with Crippen molar-refractivity contribution in [3.63, 3.8) is 0 Å². The molecular formula is C29H25NO4.